The fourth-order valence-electron chi connectivity index (χ4n) is 10.3. The molecule has 74 heavy (non-hydrogen) atoms. The minimum absolute atomic E-state index is 0.520. The fraction of sp³-hybridized carbons (Fsp3) is 0. The fourth-order valence-corrected chi connectivity index (χ4v) is 10.3. The van der Waals surface area contributed by atoms with Crippen LogP contribution in [0.4, 0.5) is 0 Å². The second-order valence-electron chi connectivity index (χ2n) is 18.3. The molecule has 14 aromatic rings. The van der Waals surface area contributed by atoms with E-state index < -0.39 is 0 Å². The molecule has 10 aromatic carbocycles. The van der Waals surface area contributed by atoms with Crippen molar-refractivity contribution in [1.82, 2.24) is 39.0 Å². The van der Waals surface area contributed by atoms with Gasteiger partial charge in [-0.25, -0.2) is 19.9 Å². The van der Waals surface area contributed by atoms with E-state index in [1.165, 1.54) is 0 Å². The molecule has 8 nitrogen and oxygen atoms in total. The molecule has 0 spiro atoms. The summed E-state index contributed by atoms with van der Waals surface area (Å²) in [5.74, 6) is 3.46. The van der Waals surface area contributed by atoms with Crippen molar-refractivity contribution in [3.05, 3.63) is 255 Å². The molecular formula is C66H42N8. The van der Waals surface area contributed by atoms with Gasteiger partial charge in [0.2, 0.25) is 5.95 Å². The van der Waals surface area contributed by atoms with E-state index in [9.17, 15) is 0 Å². The molecule has 0 bridgehead atoms. The van der Waals surface area contributed by atoms with Crippen molar-refractivity contribution in [2.45, 2.75) is 0 Å². The zero-order chi connectivity index (χ0) is 49.0. The first-order chi connectivity index (χ1) is 36.7. The Morgan fingerprint density at radius 3 is 1.14 bits per heavy atom. The Morgan fingerprint density at radius 2 is 0.568 bits per heavy atom. The second-order valence-corrected chi connectivity index (χ2v) is 18.3. The van der Waals surface area contributed by atoms with Crippen molar-refractivity contribution >= 4 is 43.6 Å². The standard InChI is InChI=1S/C66H42N8/c1-5-19-43(20-6-1)45-35-37-48(38-36-45)62-67-61(46-23-9-3-10-24-46)68-64(69-62)51-29-18-30-52(42-51)73-57-33-15-13-31-53(57)55-39-40-56-54-32-14-16-34-58(54)74(60(56)59(55)73)66-71-63(47-25-11-4-12-26-47)70-65(72-66)50-28-17-27-49(41-50)44-21-7-2-8-22-44/h1-42H. The van der Waals surface area contributed by atoms with Gasteiger partial charge in [-0.15, -0.1) is 0 Å². The van der Waals surface area contributed by atoms with Gasteiger partial charge in [0, 0.05) is 55.0 Å². The van der Waals surface area contributed by atoms with Crippen LogP contribution in [-0.4, -0.2) is 39.0 Å². The van der Waals surface area contributed by atoms with Crippen molar-refractivity contribution in [2.75, 3.05) is 0 Å². The maximum absolute atomic E-state index is 5.42. The van der Waals surface area contributed by atoms with Crippen LogP contribution in [0.5, 0.6) is 0 Å². The van der Waals surface area contributed by atoms with Crippen molar-refractivity contribution < 1.29 is 0 Å². The van der Waals surface area contributed by atoms with Gasteiger partial charge in [0.15, 0.2) is 29.1 Å². The molecule has 0 aliphatic heterocycles. The molecule has 8 heteroatoms. The monoisotopic (exact) mass is 946 g/mol. The van der Waals surface area contributed by atoms with Crippen LogP contribution in [0.25, 0.3) is 134 Å². The molecule has 0 saturated carbocycles. The van der Waals surface area contributed by atoms with Gasteiger partial charge >= 0.3 is 0 Å². The first-order valence-electron chi connectivity index (χ1n) is 24.7. The zero-order valence-corrected chi connectivity index (χ0v) is 39.8. The van der Waals surface area contributed by atoms with E-state index in [1.807, 2.05) is 60.7 Å². The highest BCUT2D eigenvalue weighted by molar-refractivity contribution is 6.23. The van der Waals surface area contributed by atoms with Crippen LogP contribution in [0.2, 0.25) is 0 Å². The molecule has 0 atom stereocenters. The zero-order valence-electron chi connectivity index (χ0n) is 39.8. The number of hydrogen-bond acceptors (Lipinski definition) is 6. The average molecular weight is 947 g/mol. The number of hydrogen-bond donors (Lipinski definition) is 0. The van der Waals surface area contributed by atoms with Gasteiger partial charge in [-0.3, -0.25) is 4.57 Å². The summed E-state index contributed by atoms with van der Waals surface area (Å²) in [5.41, 5.74) is 13.9. The van der Waals surface area contributed by atoms with E-state index >= 15 is 0 Å². The molecule has 4 heterocycles. The third-order valence-corrected chi connectivity index (χ3v) is 13.8. The summed E-state index contributed by atoms with van der Waals surface area (Å²) in [6.45, 7) is 0. The Morgan fingerprint density at radius 1 is 0.216 bits per heavy atom. The summed E-state index contributed by atoms with van der Waals surface area (Å²) >= 11 is 0. The number of fused-ring (bicyclic) bond motifs is 7. The largest absolute Gasteiger partial charge is 0.307 e. The van der Waals surface area contributed by atoms with Gasteiger partial charge in [0.1, 0.15) is 0 Å². The third kappa shape index (κ3) is 7.48. The third-order valence-electron chi connectivity index (χ3n) is 13.8. The van der Waals surface area contributed by atoms with E-state index in [2.05, 4.69) is 203 Å². The SMILES string of the molecule is c1ccc(-c2ccc(-c3nc(-c4ccccc4)nc(-c4cccc(-n5c6ccccc6c6ccc7c8ccccc8n(-c8nc(-c9ccccc9)nc(-c9cccc(-c%10ccccc%10)c9)n8)c7c65)c4)n3)cc2)cc1. The number of rotatable bonds is 9. The van der Waals surface area contributed by atoms with Crippen molar-refractivity contribution in [3.63, 3.8) is 0 Å². The molecule has 0 aliphatic rings. The molecule has 0 N–H and O–H groups in total. The van der Waals surface area contributed by atoms with Crippen LogP contribution in [0, 0.1) is 0 Å². The van der Waals surface area contributed by atoms with E-state index in [-0.39, 0.29) is 0 Å². The predicted molar refractivity (Wildman–Crippen MR) is 300 cm³/mol. The highest BCUT2D eigenvalue weighted by Crippen LogP contribution is 2.42. The van der Waals surface area contributed by atoms with Gasteiger partial charge in [-0.2, -0.15) is 9.97 Å². The number of para-hydroxylation sites is 2. The quantitative estimate of drug-likeness (QED) is 0.143. The van der Waals surface area contributed by atoms with Gasteiger partial charge in [-0.05, 0) is 52.6 Å². The van der Waals surface area contributed by atoms with Crippen LogP contribution >= 0.6 is 0 Å². The minimum Gasteiger partial charge on any atom is -0.307 e. The molecular weight excluding hydrogens is 905 g/mol. The van der Waals surface area contributed by atoms with E-state index in [0.29, 0.717) is 35.1 Å². The van der Waals surface area contributed by atoms with Crippen LogP contribution in [-0.2, 0) is 0 Å². The lowest BCUT2D eigenvalue weighted by atomic mass is 10.0. The Labute approximate surface area is 426 Å². The van der Waals surface area contributed by atoms with Crippen molar-refractivity contribution in [3.8, 4) is 90.8 Å². The topological polar surface area (TPSA) is 87.2 Å². The van der Waals surface area contributed by atoms with E-state index in [0.717, 1.165) is 99.4 Å². The Balaban J connectivity index is 0.992. The molecule has 0 saturated heterocycles. The molecule has 0 unspecified atom stereocenters. The summed E-state index contributed by atoms with van der Waals surface area (Å²) in [6.07, 6.45) is 0. The summed E-state index contributed by atoms with van der Waals surface area (Å²) in [4.78, 5) is 31.4. The van der Waals surface area contributed by atoms with Crippen molar-refractivity contribution in [2.24, 2.45) is 0 Å². The molecule has 0 radical (unpaired) electrons. The van der Waals surface area contributed by atoms with Crippen LogP contribution in [0.15, 0.2) is 255 Å². The number of nitrogens with zero attached hydrogens (tertiary/aromatic N) is 8. The lowest BCUT2D eigenvalue weighted by molar-refractivity contribution is 0.953. The highest BCUT2D eigenvalue weighted by atomic mass is 15.2. The summed E-state index contributed by atoms with van der Waals surface area (Å²) < 4.78 is 4.61. The second kappa shape index (κ2) is 17.9. The van der Waals surface area contributed by atoms with Crippen LogP contribution in [0.3, 0.4) is 0 Å². The first-order valence-corrected chi connectivity index (χ1v) is 24.7. The number of benzene rings is 10. The van der Waals surface area contributed by atoms with Gasteiger partial charge < -0.3 is 4.57 Å². The summed E-state index contributed by atoms with van der Waals surface area (Å²) in [7, 11) is 0. The lowest BCUT2D eigenvalue weighted by Crippen LogP contribution is -2.07. The average Bonchev–Trinajstić information content (AvgIpc) is 4.01. The number of aromatic nitrogens is 8. The first kappa shape index (κ1) is 42.7. The Hall–Kier alpha value is -10.2. The van der Waals surface area contributed by atoms with Crippen LogP contribution < -0.4 is 0 Å². The van der Waals surface area contributed by atoms with Crippen molar-refractivity contribution in [1.29, 1.82) is 0 Å². The van der Waals surface area contributed by atoms with Gasteiger partial charge in [0.25, 0.3) is 0 Å². The highest BCUT2D eigenvalue weighted by Gasteiger charge is 2.24. The van der Waals surface area contributed by atoms with Crippen LogP contribution in [0.1, 0.15) is 0 Å². The predicted octanol–water partition coefficient (Wildman–Crippen LogP) is 15.9. The molecule has 14 rings (SSSR count). The smallest absolute Gasteiger partial charge is 0.238 e. The minimum atomic E-state index is 0.520. The van der Waals surface area contributed by atoms with E-state index in [4.69, 9.17) is 29.9 Å². The summed E-state index contributed by atoms with van der Waals surface area (Å²) in [6, 6.07) is 88.2. The summed E-state index contributed by atoms with van der Waals surface area (Å²) in [5, 5.41) is 4.39. The Kier molecular flexibility index (Phi) is 10.3. The lowest BCUT2D eigenvalue weighted by Gasteiger charge is -2.14. The Bertz CT molecular complexity index is 4400. The molecule has 0 amide bonds. The molecule has 0 aliphatic carbocycles. The normalized spacial score (nSPS) is 11.5. The van der Waals surface area contributed by atoms with Gasteiger partial charge in [-0.1, -0.05) is 224 Å². The molecule has 4 aromatic heterocycles. The maximum atomic E-state index is 5.42. The van der Waals surface area contributed by atoms with Gasteiger partial charge in [0.05, 0.1) is 22.1 Å². The van der Waals surface area contributed by atoms with E-state index in [1.54, 1.807) is 0 Å². The molecule has 346 valence electrons. The molecule has 0 fully saturated rings. The maximum Gasteiger partial charge on any atom is 0.238 e.